The number of hydrogen-bond donors (Lipinski definition) is 2. The van der Waals surface area contributed by atoms with Gasteiger partial charge in [0.15, 0.2) is 0 Å². The number of aliphatic hydroxyl groups is 1. The van der Waals surface area contributed by atoms with Gasteiger partial charge in [0.25, 0.3) is 0 Å². The monoisotopic (exact) mass is 257 g/mol. The zero-order chi connectivity index (χ0) is 12.8. The first kappa shape index (κ1) is 14.3. The van der Waals surface area contributed by atoms with Crippen LogP contribution in [0.3, 0.4) is 0 Å². The molecule has 0 amide bonds. The van der Waals surface area contributed by atoms with Gasteiger partial charge >= 0.3 is 0 Å². The van der Waals surface area contributed by atoms with Crippen molar-refractivity contribution in [3.05, 3.63) is 28.8 Å². The Labute approximate surface area is 108 Å². The van der Waals surface area contributed by atoms with Crippen molar-refractivity contribution in [1.82, 2.24) is 0 Å². The van der Waals surface area contributed by atoms with Gasteiger partial charge in [-0.2, -0.15) is 0 Å². The molecular formula is C13H20ClNO2. The van der Waals surface area contributed by atoms with Gasteiger partial charge in [-0.25, -0.2) is 0 Å². The Balaban J connectivity index is 2.89. The van der Waals surface area contributed by atoms with Crippen LogP contribution in [-0.2, 0) is 0 Å². The first-order valence-corrected chi connectivity index (χ1v) is 6.26. The predicted octanol–water partition coefficient (Wildman–Crippen LogP) is 2.55. The second kappa shape index (κ2) is 6.84. The van der Waals surface area contributed by atoms with E-state index in [1.54, 1.807) is 0 Å². The lowest BCUT2D eigenvalue weighted by Crippen LogP contribution is -2.21. The Morgan fingerprint density at radius 2 is 2.18 bits per heavy atom. The predicted molar refractivity (Wildman–Crippen MR) is 70.7 cm³/mol. The maximum atomic E-state index is 9.58. The van der Waals surface area contributed by atoms with Crippen molar-refractivity contribution < 1.29 is 9.84 Å². The van der Waals surface area contributed by atoms with Crippen LogP contribution < -0.4 is 10.5 Å². The van der Waals surface area contributed by atoms with E-state index in [-0.39, 0.29) is 12.5 Å². The first-order valence-electron chi connectivity index (χ1n) is 5.88. The van der Waals surface area contributed by atoms with E-state index in [9.17, 15) is 5.11 Å². The number of ether oxygens (including phenoxy) is 1. The van der Waals surface area contributed by atoms with Crippen LogP contribution >= 0.6 is 11.6 Å². The second-order valence-electron chi connectivity index (χ2n) is 4.14. The summed E-state index contributed by atoms with van der Waals surface area (Å²) in [6.45, 7) is 4.86. The highest BCUT2D eigenvalue weighted by Gasteiger charge is 2.15. The largest absolute Gasteiger partial charge is 0.494 e. The highest BCUT2D eigenvalue weighted by molar-refractivity contribution is 6.30. The molecule has 2 atom stereocenters. The number of benzene rings is 1. The molecule has 0 aliphatic carbocycles. The van der Waals surface area contributed by atoms with Gasteiger partial charge in [-0.1, -0.05) is 18.5 Å². The third kappa shape index (κ3) is 4.19. The molecule has 0 aromatic heterocycles. The second-order valence-corrected chi connectivity index (χ2v) is 4.58. The molecule has 3 N–H and O–H groups in total. The van der Waals surface area contributed by atoms with E-state index in [2.05, 4.69) is 0 Å². The van der Waals surface area contributed by atoms with Crippen molar-refractivity contribution in [2.75, 3.05) is 13.2 Å². The molecule has 0 aliphatic heterocycles. The van der Waals surface area contributed by atoms with E-state index in [0.717, 1.165) is 11.3 Å². The molecule has 0 saturated carbocycles. The van der Waals surface area contributed by atoms with E-state index < -0.39 is 6.10 Å². The van der Waals surface area contributed by atoms with E-state index in [4.69, 9.17) is 22.1 Å². The lowest BCUT2D eigenvalue weighted by molar-refractivity contribution is 0.164. The molecule has 2 unspecified atom stereocenters. The molecule has 0 aliphatic rings. The van der Waals surface area contributed by atoms with Crippen molar-refractivity contribution in [2.45, 2.75) is 32.3 Å². The van der Waals surface area contributed by atoms with Gasteiger partial charge in [-0.15, -0.1) is 0 Å². The molecule has 0 fully saturated rings. The van der Waals surface area contributed by atoms with Crippen LogP contribution in [0.15, 0.2) is 18.2 Å². The third-order valence-corrected chi connectivity index (χ3v) is 2.94. The van der Waals surface area contributed by atoms with Crippen LogP contribution in [0.5, 0.6) is 5.75 Å². The quantitative estimate of drug-likeness (QED) is 0.824. The van der Waals surface area contributed by atoms with Crippen LogP contribution in [0.2, 0.25) is 5.02 Å². The fraction of sp³-hybridized carbons (Fsp3) is 0.538. The molecule has 0 saturated heterocycles. The molecular weight excluding hydrogens is 238 g/mol. The minimum absolute atomic E-state index is 0.161. The Morgan fingerprint density at radius 1 is 1.47 bits per heavy atom. The minimum Gasteiger partial charge on any atom is -0.494 e. The zero-order valence-corrected chi connectivity index (χ0v) is 11.1. The van der Waals surface area contributed by atoms with Crippen molar-refractivity contribution in [2.24, 2.45) is 5.73 Å². The molecule has 0 heterocycles. The van der Waals surface area contributed by atoms with Crippen molar-refractivity contribution >= 4 is 11.6 Å². The van der Waals surface area contributed by atoms with Gasteiger partial charge < -0.3 is 15.6 Å². The molecule has 17 heavy (non-hydrogen) atoms. The Hall–Kier alpha value is -0.770. The number of hydrogen-bond acceptors (Lipinski definition) is 3. The maximum Gasteiger partial charge on any atom is 0.122 e. The summed E-state index contributed by atoms with van der Waals surface area (Å²) in [5, 5.41) is 10.3. The van der Waals surface area contributed by atoms with Gasteiger partial charge in [0.1, 0.15) is 5.75 Å². The number of halogens is 1. The molecule has 0 radical (unpaired) electrons. The SMILES string of the molecule is CCOc1ccc(Cl)cc1C(C)CC(O)CN. The van der Waals surface area contributed by atoms with E-state index in [1.807, 2.05) is 32.0 Å². The summed E-state index contributed by atoms with van der Waals surface area (Å²) < 4.78 is 5.56. The summed E-state index contributed by atoms with van der Waals surface area (Å²) in [5.41, 5.74) is 6.44. The van der Waals surface area contributed by atoms with E-state index >= 15 is 0 Å². The topological polar surface area (TPSA) is 55.5 Å². The number of nitrogens with two attached hydrogens (primary N) is 1. The average Bonchev–Trinajstić information content (AvgIpc) is 2.31. The molecule has 0 spiro atoms. The van der Waals surface area contributed by atoms with Gasteiger partial charge in [-0.3, -0.25) is 0 Å². The summed E-state index contributed by atoms with van der Waals surface area (Å²) in [6, 6.07) is 5.56. The molecule has 1 aromatic rings. The van der Waals surface area contributed by atoms with Crippen molar-refractivity contribution in [1.29, 1.82) is 0 Å². The molecule has 4 heteroatoms. The highest BCUT2D eigenvalue weighted by atomic mass is 35.5. The minimum atomic E-state index is -0.488. The lowest BCUT2D eigenvalue weighted by Gasteiger charge is -2.19. The Kier molecular flexibility index (Phi) is 5.75. The van der Waals surface area contributed by atoms with E-state index in [1.165, 1.54) is 0 Å². The molecule has 1 rings (SSSR count). The summed E-state index contributed by atoms with van der Waals surface area (Å²) in [4.78, 5) is 0. The lowest BCUT2D eigenvalue weighted by atomic mass is 9.94. The van der Waals surface area contributed by atoms with Crippen LogP contribution in [0, 0.1) is 0 Å². The standard InChI is InChI=1S/C13H20ClNO2/c1-3-17-13-5-4-10(14)7-12(13)9(2)6-11(16)8-15/h4-5,7,9,11,16H,3,6,8,15H2,1-2H3. The van der Waals surface area contributed by atoms with Gasteiger partial charge in [0.05, 0.1) is 12.7 Å². The van der Waals surface area contributed by atoms with Crippen LogP contribution in [0.4, 0.5) is 0 Å². The average molecular weight is 258 g/mol. The van der Waals surface area contributed by atoms with Crippen LogP contribution in [0.1, 0.15) is 31.7 Å². The summed E-state index contributed by atoms with van der Waals surface area (Å²) in [6.07, 6.45) is 0.121. The van der Waals surface area contributed by atoms with Crippen molar-refractivity contribution in [3.63, 3.8) is 0 Å². The highest BCUT2D eigenvalue weighted by Crippen LogP contribution is 2.32. The zero-order valence-electron chi connectivity index (χ0n) is 10.3. The molecule has 1 aromatic carbocycles. The molecule has 0 bridgehead atoms. The number of rotatable bonds is 6. The van der Waals surface area contributed by atoms with Crippen molar-refractivity contribution in [3.8, 4) is 5.75 Å². The first-order chi connectivity index (χ1) is 8.08. The normalized spacial score (nSPS) is 14.4. The fourth-order valence-electron chi connectivity index (χ4n) is 1.82. The maximum absolute atomic E-state index is 9.58. The van der Waals surface area contributed by atoms with Gasteiger partial charge in [0, 0.05) is 11.6 Å². The smallest absolute Gasteiger partial charge is 0.122 e. The van der Waals surface area contributed by atoms with Crippen LogP contribution in [0.25, 0.3) is 0 Å². The van der Waals surface area contributed by atoms with Gasteiger partial charge in [-0.05, 0) is 43.0 Å². The Morgan fingerprint density at radius 3 is 2.76 bits per heavy atom. The summed E-state index contributed by atoms with van der Waals surface area (Å²) >= 11 is 5.99. The Bertz CT molecular complexity index is 357. The van der Waals surface area contributed by atoms with Crippen LogP contribution in [-0.4, -0.2) is 24.4 Å². The number of aliphatic hydroxyl groups excluding tert-OH is 1. The third-order valence-electron chi connectivity index (χ3n) is 2.70. The van der Waals surface area contributed by atoms with E-state index in [0.29, 0.717) is 18.1 Å². The van der Waals surface area contributed by atoms with Gasteiger partial charge in [0.2, 0.25) is 0 Å². The fourth-order valence-corrected chi connectivity index (χ4v) is 2.00. The molecule has 3 nitrogen and oxygen atoms in total. The molecule has 96 valence electrons. The summed E-state index contributed by atoms with van der Waals surface area (Å²) in [5.74, 6) is 0.988. The summed E-state index contributed by atoms with van der Waals surface area (Å²) in [7, 11) is 0.